The predicted molar refractivity (Wildman–Crippen MR) is 76.2 cm³/mol. The molecule has 0 amide bonds. The molecule has 2 aromatic heterocycles. The van der Waals surface area contributed by atoms with Gasteiger partial charge in [-0.15, -0.1) is 0 Å². The Morgan fingerprint density at radius 1 is 1.10 bits per heavy atom. The number of hydrogen-bond donors (Lipinski definition) is 0. The van der Waals surface area contributed by atoms with Gasteiger partial charge in [0.05, 0.1) is 32.5 Å². The molecule has 0 aliphatic carbocycles. The Morgan fingerprint density at radius 3 is 2.60 bits per heavy atom. The van der Waals surface area contributed by atoms with Crippen LogP contribution >= 0.6 is 0 Å². The molecule has 0 N–H and O–H groups in total. The number of aromatic nitrogens is 3. The Kier molecular flexibility index (Phi) is 3.25. The number of fused-ring (bicyclic) bond motifs is 1. The van der Waals surface area contributed by atoms with Gasteiger partial charge in [-0.05, 0) is 17.7 Å². The van der Waals surface area contributed by atoms with Crippen LogP contribution in [0.5, 0.6) is 11.5 Å². The maximum absolute atomic E-state index is 5.34. The van der Waals surface area contributed by atoms with Gasteiger partial charge in [-0.2, -0.15) is 5.10 Å². The Morgan fingerprint density at radius 2 is 1.90 bits per heavy atom. The lowest BCUT2D eigenvalue weighted by molar-refractivity contribution is 0.355. The number of ether oxygens (including phenoxy) is 2. The number of rotatable bonds is 4. The average Bonchev–Trinajstić information content (AvgIpc) is 2.89. The standard InChI is InChI=1S/C15H15N3O2/c1-19-14-6-12-9-17-18(13(12)7-15(14)20-2)10-11-4-3-5-16-8-11/h3-9H,10H2,1-2H3. The second-order valence-electron chi connectivity index (χ2n) is 4.43. The van der Waals surface area contributed by atoms with Crippen LogP contribution in [0.2, 0.25) is 0 Å². The van der Waals surface area contributed by atoms with Crippen LogP contribution in [0.15, 0.2) is 42.9 Å². The third kappa shape index (κ3) is 2.18. The molecular weight excluding hydrogens is 254 g/mol. The molecule has 0 saturated carbocycles. The molecule has 0 aliphatic rings. The zero-order valence-electron chi connectivity index (χ0n) is 11.4. The SMILES string of the molecule is COc1cc2cnn(Cc3cccnc3)c2cc1OC. The summed E-state index contributed by atoms with van der Waals surface area (Å²) in [4.78, 5) is 4.12. The van der Waals surface area contributed by atoms with Gasteiger partial charge in [-0.25, -0.2) is 0 Å². The number of methoxy groups -OCH3 is 2. The van der Waals surface area contributed by atoms with Crippen LogP contribution in [-0.2, 0) is 6.54 Å². The molecule has 3 aromatic rings. The largest absolute Gasteiger partial charge is 0.493 e. The summed E-state index contributed by atoms with van der Waals surface area (Å²) in [5, 5.41) is 5.44. The molecule has 5 nitrogen and oxygen atoms in total. The summed E-state index contributed by atoms with van der Waals surface area (Å²) < 4.78 is 12.6. The van der Waals surface area contributed by atoms with Gasteiger partial charge >= 0.3 is 0 Å². The van der Waals surface area contributed by atoms with Crippen LogP contribution in [0.25, 0.3) is 10.9 Å². The van der Waals surface area contributed by atoms with E-state index in [1.807, 2.05) is 41.3 Å². The van der Waals surface area contributed by atoms with E-state index in [4.69, 9.17) is 9.47 Å². The lowest BCUT2D eigenvalue weighted by atomic mass is 10.2. The van der Waals surface area contributed by atoms with Crippen LogP contribution in [0, 0.1) is 0 Å². The first-order valence-corrected chi connectivity index (χ1v) is 6.28. The Hall–Kier alpha value is -2.56. The van der Waals surface area contributed by atoms with E-state index in [-0.39, 0.29) is 0 Å². The quantitative estimate of drug-likeness (QED) is 0.730. The number of pyridine rings is 1. The highest BCUT2D eigenvalue weighted by atomic mass is 16.5. The molecule has 0 fully saturated rings. The van der Waals surface area contributed by atoms with Gasteiger partial charge < -0.3 is 9.47 Å². The molecule has 1 aromatic carbocycles. The molecule has 5 heteroatoms. The fraction of sp³-hybridized carbons (Fsp3) is 0.200. The van der Waals surface area contributed by atoms with Crippen LogP contribution in [-0.4, -0.2) is 29.0 Å². The summed E-state index contributed by atoms with van der Waals surface area (Å²) in [6, 6.07) is 7.82. The minimum atomic E-state index is 0.673. The highest BCUT2D eigenvalue weighted by Crippen LogP contribution is 2.32. The van der Waals surface area contributed by atoms with E-state index < -0.39 is 0 Å². The van der Waals surface area contributed by atoms with Crippen molar-refractivity contribution in [2.45, 2.75) is 6.54 Å². The fourth-order valence-electron chi connectivity index (χ4n) is 2.20. The van der Waals surface area contributed by atoms with Crippen molar-refractivity contribution in [3.05, 3.63) is 48.4 Å². The summed E-state index contributed by atoms with van der Waals surface area (Å²) >= 11 is 0. The molecule has 0 unspecified atom stereocenters. The third-order valence-electron chi connectivity index (χ3n) is 3.20. The van der Waals surface area contributed by atoms with E-state index in [1.165, 1.54) is 0 Å². The normalized spacial score (nSPS) is 10.7. The Bertz CT molecular complexity index is 723. The smallest absolute Gasteiger partial charge is 0.162 e. The van der Waals surface area contributed by atoms with E-state index in [0.717, 1.165) is 16.5 Å². The van der Waals surface area contributed by atoms with Gasteiger partial charge in [0.2, 0.25) is 0 Å². The summed E-state index contributed by atoms with van der Waals surface area (Å²) in [5.74, 6) is 1.41. The second kappa shape index (κ2) is 5.21. The first-order valence-electron chi connectivity index (χ1n) is 6.28. The van der Waals surface area contributed by atoms with Crippen molar-refractivity contribution in [3.63, 3.8) is 0 Å². The van der Waals surface area contributed by atoms with E-state index in [1.54, 1.807) is 20.4 Å². The Balaban J connectivity index is 2.04. The predicted octanol–water partition coefficient (Wildman–Crippen LogP) is 2.50. The van der Waals surface area contributed by atoms with Crippen molar-refractivity contribution >= 4 is 10.9 Å². The zero-order valence-corrected chi connectivity index (χ0v) is 11.4. The van der Waals surface area contributed by atoms with Gasteiger partial charge in [0.25, 0.3) is 0 Å². The zero-order chi connectivity index (χ0) is 13.9. The maximum atomic E-state index is 5.34. The molecular formula is C15H15N3O2. The van der Waals surface area contributed by atoms with Crippen molar-refractivity contribution in [2.24, 2.45) is 0 Å². The van der Waals surface area contributed by atoms with E-state index in [0.29, 0.717) is 18.0 Å². The minimum absolute atomic E-state index is 0.673. The number of hydrogen-bond acceptors (Lipinski definition) is 4. The summed E-state index contributed by atoms with van der Waals surface area (Å²) in [6.07, 6.45) is 5.43. The molecule has 3 rings (SSSR count). The lowest BCUT2D eigenvalue weighted by Gasteiger charge is -2.09. The molecule has 0 bridgehead atoms. The maximum Gasteiger partial charge on any atom is 0.162 e. The van der Waals surface area contributed by atoms with Crippen molar-refractivity contribution < 1.29 is 9.47 Å². The first kappa shape index (κ1) is 12.5. The van der Waals surface area contributed by atoms with Gasteiger partial charge in [0.1, 0.15) is 0 Å². The van der Waals surface area contributed by atoms with E-state index in [2.05, 4.69) is 10.1 Å². The van der Waals surface area contributed by atoms with Gasteiger partial charge in [0.15, 0.2) is 11.5 Å². The molecule has 20 heavy (non-hydrogen) atoms. The van der Waals surface area contributed by atoms with Gasteiger partial charge in [-0.1, -0.05) is 6.07 Å². The molecule has 2 heterocycles. The van der Waals surface area contributed by atoms with Crippen molar-refractivity contribution in [3.8, 4) is 11.5 Å². The van der Waals surface area contributed by atoms with Crippen LogP contribution in [0.1, 0.15) is 5.56 Å². The van der Waals surface area contributed by atoms with Crippen molar-refractivity contribution in [2.75, 3.05) is 14.2 Å². The lowest BCUT2D eigenvalue weighted by Crippen LogP contribution is -2.01. The Labute approximate surface area is 116 Å². The molecule has 0 radical (unpaired) electrons. The second-order valence-corrected chi connectivity index (χ2v) is 4.43. The molecule has 0 aliphatic heterocycles. The van der Waals surface area contributed by atoms with E-state index >= 15 is 0 Å². The third-order valence-corrected chi connectivity index (χ3v) is 3.20. The van der Waals surface area contributed by atoms with Crippen LogP contribution in [0.3, 0.4) is 0 Å². The summed E-state index contributed by atoms with van der Waals surface area (Å²) in [6.45, 7) is 0.673. The molecule has 0 spiro atoms. The molecule has 102 valence electrons. The van der Waals surface area contributed by atoms with Gasteiger partial charge in [-0.3, -0.25) is 9.67 Å². The molecule has 0 saturated heterocycles. The highest BCUT2D eigenvalue weighted by Gasteiger charge is 2.10. The van der Waals surface area contributed by atoms with Crippen molar-refractivity contribution in [1.29, 1.82) is 0 Å². The molecule has 0 atom stereocenters. The average molecular weight is 269 g/mol. The number of nitrogens with zero attached hydrogens (tertiary/aromatic N) is 3. The topological polar surface area (TPSA) is 49.2 Å². The van der Waals surface area contributed by atoms with Crippen LogP contribution < -0.4 is 9.47 Å². The number of benzene rings is 1. The van der Waals surface area contributed by atoms with Crippen molar-refractivity contribution in [1.82, 2.24) is 14.8 Å². The first-order chi connectivity index (χ1) is 9.81. The highest BCUT2D eigenvalue weighted by molar-refractivity contribution is 5.82. The van der Waals surface area contributed by atoms with Crippen LogP contribution in [0.4, 0.5) is 0 Å². The summed E-state index contributed by atoms with van der Waals surface area (Å²) in [5.41, 5.74) is 2.11. The fourth-order valence-corrected chi connectivity index (χ4v) is 2.20. The van der Waals surface area contributed by atoms with E-state index in [9.17, 15) is 0 Å². The summed E-state index contributed by atoms with van der Waals surface area (Å²) in [7, 11) is 3.26. The monoisotopic (exact) mass is 269 g/mol. The van der Waals surface area contributed by atoms with Gasteiger partial charge in [0, 0.05) is 23.8 Å². The minimum Gasteiger partial charge on any atom is -0.493 e.